The van der Waals surface area contributed by atoms with Gasteiger partial charge in [-0.15, -0.1) is 11.3 Å². The van der Waals surface area contributed by atoms with Crippen molar-refractivity contribution in [3.05, 3.63) is 70.8 Å². The van der Waals surface area contributed by atoms with Gasteiger partial charge >= 0.3 is 6.61 Å². The van der Waals surface area contributed by atoms with Crippen LogP contribution in [0.1, 0.15) is 39.7 Å². The Morgan fingerprint density at radius 2 is 2.00 bits per heavy atom. The predicted octanol–water partition coefficient (Wildman–Crippen LogP) is 3.12. The molecular formula is C32H33F2N9O4S. The maximum absolute atomic E-state index is 13.7. The molecule has 16 heteroatoms. The zero-order chi connectivity index (χ0) is 33.2. The van der Waals surface area contributed by atoms with Gasteiger partial charge in [0.25, 0.3) is 5.91 Å². The van der Waals surface area contributed by atoms with Crippen molar-refractivity contribution in [2.45, 2.75) is 25.5 Å². The van der Waals surface area contributed by atoms with E-state index in [0.717, 1.165) is 45.7 Å². The van der Waals surface area contributed by atoms with Crippen LogP contribution in [-0.2, 0) is 9.53 Å². The minimum atomic E-state index is -3.12. The fraction of sp³-hybridized carbons (Fsp3) is 0.406. The molecular weight excluding hydrogens is 644 g/mol. The van der Waals surface area contributed by atoms with Crippen molar-refractivity contribution in [2.24, 2.45) is 5.92 Å². The summed E-state index contributed by atoms with van der Waals surface area (Å²) in [5.41, 5.74) is 4.38. The van der Waals surface area contributed by atoms with E-state index < -0.39 is 18.6 Å². The van der Waals surface area contributed by atoms with Gasteiger partial charge in [0.05, 0.1) is 31.1 Å². The summed E-state index contributed by atoms with van der Waals surface area (Å²) >= 11 is 1.21. The molecule has 0 aliphatic carbocycles. The first-order valence-electron chi connectivity index (χ1n) is 15.7. The van der Waals surface area contributed by atoms with E-state index >= 15 is 0 Å². The number of halogens is 2. The Balaban J connectivity index is 1.12. The van der Waals surface area contributed by atoms with Crippen LogP contribution in [0.15, 0.2) is 54.8 Å². The van der Waals surface area contributed by atoms with Gasteiger partial charge in [-0.05, 0) is 48.4 Å². The van der Waals surface area contributed by atoms with Crippen LogP contribution in [0.2, 0.25) is 0 Å². The van der Waals surface area contributed by atoms with Crippen molar-refractivity contribution < 1.29 is 27.8 Å². The van der Waals surface area contributed by atoms with Gasteiger partial charge in [-0.1, -0.05) is 0 Å². The molecule has 2 amide bonds. The number of alkyl halides is 2. The van der Waals surface area contributed by atoms with Gasteiger partial charge in [-0.2, -0.15) is 19.1 Å². The summed E-state index contributed by atoms with van der Waals surface area (Å²) in [5.74, 6) is -0.221. The summed E-state index contributed by atoms with van der Waals surface area (Å²) in [6.45, 7) is 2.50. The molecule has 2 fully saturated rings. The van der Waals surface area contributed by atoms with Crippen LogP contribution in [-0.4, -0.2) is 100 Å². The highest BCUT2D eigenvalue weighted by atomic mass is 32.1. The first-order valence-corrected chi connectivity index (χ1v) is 16.5. The molecule has 4 aromatic rings. The molecule has 250 valence electrons. The second-order valence-corrected chi connectivity index (χ2v) is 13.0. The molecule has 1 unspecified atom stereocenters. The van der Waals surface area contributed by atoms with E-state index in [2.05, 4.69) is 31.8 Å². The molecule has 0 saturated carbocycles. The summed E-state index contributed by atoms with van der Waals surface area (Å²) in [6.07, 6.45) is 8.01. The standard InChI is InChI=1S/C32H33F2N9O4S/c33-32(34)47-26-13-21-12-22(15-35)48-27(21)14-23(26)29-25(38-31(45)24-16-37-43-5-1-4-36-30(24)43)18-42(39-29)19-28(44)41-6-2-20(3-7-41)17-40-8-10-46-11-9-40/h1,4-5,12-14,16,18,20,29,32,39H,2-3,6-11,17,19H2,(H,38,45). The van der Waals surface area contributed by atoms with Crippen molar-refractivity contribution in [3.8, 4) is 11.8 Å². The number of hydrazine groups is 1. The number of fused-ring (bicyclic) bond motifs is 2. The summed E-state index contributed by atoms with van der Waals surface area (Å²) in [7, 11) is 0. The maximum atomic E-state index is 13.7. The number of nitrogens with one attached hydrogen (secondary N) is 2. The number of benzene rings is 1. The van der Waals surface area contributed by atoms with Crippen LogP contribution in [0.5, 0.6) is 5.75 Å². The molecule has 3 aromatic heterocycles. The molecule has 6 heterocycles. The van der Waals surface area contributed by atoms with Crippen molar-refractivity contribution >= 4 is 38.9 Å². The smallest absolute Gasteiger partial charge is 0.387 e. The lowest BCUT2D eigenvalue weighted by Crippen LogP contribution is -2.47. The Bertz CT molecular complexity index is 1890. The number of carbonyl (C=O) groups excluding carboxylic acids is 2. The Hall–Kier alpha value is -4.69. The zero-order valence-electron chi connectivity index (χ0n) is 25.8. The number of carbonyl (C=O) groups is 2. The molecule has 1 aromatic carbocycles. The minimum absolute atomic E-state index is 0.0485. The topological polar surface area (TPSA) is 140 Å². The highest BCUT2D eigenvalue weighted by molar-refractivity contribution is 7.19. The molecule has 0 bridgehead atoms. The number of nitriles is 1. The number of rotatable bonds is 9. The van der Waals surface area contributed by atoms with E-state index in [-0.39, 0.29) is 23.8 Å². The molecule has 0 radical (unpaired) electrons. The Morgan fingerprint density at radius 1 is 1.19 bits per heavy atom. The molecule has 3 aliphatic rings. The SMILES string of the molecule is N#Cc1cc2cc(OC(F)F)c(C3NN(CC(=O)N4CCC(CN5CCOCC5)CC4)C=C3NC(=O)c3cnn4cccnc34)cc2s1. The van der Waals surface area contributed by atoms with E-state index in [1.807, 2.05) is 4.90 Å². The first kappa shape index (κ1) is 31.9. The second kappa shape index (κ2) is 13.8. The highest BCUT2D eigenvalue weighted by Gasteiger charge is 2.34. The Kier molecular flexibility index (Phi) is 9.17. The van der Waals surface area contributed by atoms with Crippen molar-refractivity contribution in [1.82, 2.24) is 40.1 Å². The molecule has 1 atom stereocenters. The number of nitrogens with zero attached hydrogens (tertiary/aromatic N) is 7. The number of piperidine rings is 1. The summed E-state index contributed by atoms with van der Waals surface area (Å²) in [4.78, 5) is 36.0. The van der Waals surface area contributed by atoms with Crippen LogP contribution in [0.4, 0.5) is 8.78 Å². The van der Waals surface area contributed by atoms with Gasteiger partial charge in [0.2, 0.25) is 5.91 Å². The lowest BCUT2D eigenvalue weighted by molar-refractivity contribution is -0.133. The molecule has 3 aliphatic heterocycles. The maximum Gasteiger partial charge on any atom is 0.387 e. The number of thiophene rings is 1. The summed E-state index contributed by atoms with van der Waals surface area (Å²) < 4.78 is 39.9. The number of aromatic nitrogens is 3. The third-order valence-electron chi connectivity index (χ3n) is 8.86. The molecule has 48 heavy (non-hydrogen) atoms. The normalized spacial score (nSPS) is 19.2. The van der Waals surface area contributed by atoms with Crippen LogP contribution in [0.25, 0.3) is 15.7 Å². The number of ether oxygens (including phenoxy) is 2. The number of amides is 2. The highest BCUT2D eigenvalue weighted by Crippen LogP contribution is 2.39. The van der Waals surface area contributed by atoms with Gasteiger partial charge in [-0.3, -0.25) is 14.5 Å². The van der Waals surface area contributed by atoms with Gasteiger partial charge in [0.1, 0.15) is 28.8 Å². The van der Waals surface area contributed by atoms with Crippen LogP contribution < -0.4 is 15.5 Å². The van der Waals surface area contributed by atoms with Crippen molar-refractivity contribution in [2.75, 3.05) is 52.5 Å². The lowest BCUT2D eigenvalue weighted by Gasteiger charge is -2.36. The van der Waals surface area contributed by atoms with Gasteiger partial charge < -0.3 is 24.7 Å². The van der Waals surface area contributed by atoms with Crippen molar-refractivity contribution in [1.29, 1.82) is 5.26 Å². The van der Waals surface area contributed by atoms with E-state index in [1.54, 1.807) is 41.8 Å². The van der Waals surface area contributed by atoms with E-state index in [9.17, 15) is 23.6 Å². The predicted molar refractivity (Wildman–Crippen MR) is 171 cm³/mol. The van der Waals surface area contributed by atoms with E-state index in [1.165, 1.54) is 28.1 Å². The third kappa shape index (κ3) is 6.81. The monoisotopic (exact) mass is 677 g/mol. The zero-order valence-corrected chi connectivity index (χ0v) is 26.7. The average molecular weight is 678 g/mol. The van der Waals surface area contributed by atoms with Crippen LogP contribution >= 0.6 is 11.3 Å². The Morgan fingerprint density at radius 3 is 2.77 bits per heavy atom. The molecule has 2 saturated heterocycles. The largest absolute Gasteiger partial charge is 0.434 e. The van der Waals surface area contributed by atoms with Gasteiger partial charge in [0.15, 0.2) is 5.65 Å². The second-order valence-electron chi connectivity index (χ2n) is 11.9. The van der Waals surface area contributed by atoms with E-state index in [0.29, 0.717) is 50.9 Å². The average Bonchev–Trinajstić information content (AvgIpc) is 3.81. The summed E-state index contributed by atoms with van der Waals surface area (Å²) in [6, 6.07) is 7.63. The lowest BCUT2D eigenvalue weighted by atomic mass is 9.96. The number of hydrogen-bond acceptors (Lipinski definition) is 11. The Labute approximate surface area is 278 Å². The quantitative estimate of drug-likeness (QED) is 0.272. The number of morpholine rings is 1. The molecule has 13 nitrogen and oxygen atoms in total. The van der Waals surface area contributed by atoms with Gasteiger partial charge in [0, 0.05) is 61.6 Å². The molecule has 2 N–H and O–H groups in total. The molecule has 7 rings (SSSR count). The van der Waals surface area contributed by atoms with Crippen molar-refractivity contribution in [3.63, 3.8) is 0 Å². The fourth-order valence-electron chi connectivity index (χ4n) is 6.45. The van der Waals surface area contributed by atoms with Crippen LogP contribution in [0.3, 0.4) is 0 Å². The summed E-state index contributed by atoms with van der Waals surface area (Å²) in [5, 5.41) is 18.6. The number of likely N-dealkylation sites (tertiary alicyclic amines) is 1. The minimum Gasteiger partial charge on any atom is -0.434 e. The first-order chi connectivity index (χ1) is 23.3. The van der Waals surface area contributed by atoms with Crippen LogP contribution in [0, 0.1) is 17.2 Å². The van der Waals surface area contributed by atoms with Gasteiger partial charge in [-0.25, -0.2) is 14.9 Å². The molecule has 0 spiro atoms. The van der Waals surface area contributed by atoms with E-state index in [4.69, 9.17) is 9.47 Å². The third-order valence-corrected chi connectivity index (χ3v) is 9.86. The number of hydrogen-bond donors (Lipinski definition) is 2. The fourth-order valence-corrected chi connectivity index (χ4v) is 7.34.